The molecule has 0 aliphatic heterocycles. The number of hydrogen-bond acceptors (Lipinski definition) is 5. The molecule has 0 saturated carbocycles. The fourth-order valence-electron chi connectivity index (χ4n) is 1.16. The quantitative estimate of drug-likeness (QED) is 0.746. The van der Waals surface area contributed by atoms with E-state index in [0.717, 1.165) is 6.42 Å². The molecule has 0 saturated heterocycles. The van der Waals surface area contributed by atoms with Crippen molar-refractivity contribution in [2.24, 2.45) is 5.14 Å². The van der Waals surface area contributed by atoms with Crippen LogP contribution in [0, 0.1) is 0 Å². The van der Waals surface area contributed by atoms with Crippen LogP contribution in [0.4, 0.5) is 5.82 Å². The summed E-state index contributed by atoms with van der Waals surface area (Å²) in [6.45, 7) is 2.80. The summed E-state index contributed by atoms with van der Waals surface area (Å²) >= 11 is 0. The van der Waals surface area contributed by atoms with Crippen LogP contribution >= 0.6 is 0 Å². The molecule has 96 valence electrons. The molecule has 0 fully saturated rings. The highest BCUT2D eigenvalue weighted by molar-refractivity contribution is 7.89. The lowest BCUT2D eigenvalue weighted by molar-refractivity contribution is 0.318. The Morgan fingerprint density at radius 2 is 2.29 bits per heavy atom. The van der Waals surface area contributed by atoms with E-state index in [0.29, 0.717) is 18.2 Å². The van der Waals surface area contributed by atoms with Crippen LogP contribution in [0.5, 0.6) is 5.75 Å². The third-order valence-corrected chi connectivity index (χ3v) is 2.68. The third kappa shape index (κ3) is 5.50. The van der Waals surface area contributed by atoms with E-state index in [-0.39, 0.29) is 12.3 Å². The first-order valence-corrected chi connectivity index (χ1v) is 7.06. The number of nitrogens with zero attached hydrogens (tertiary/aromatic N) is 1. The van der Waals surface area contributed by atoms with E-state index < -0.39 is 10.0 Å². The van der Waals surface area contributed by atoms with Crippen LogP contribution in [0.15, 0.2) is 18.3 Å². The van der Waals surface area contributed by atoms with E-state index >= 15 is 0 Å². The molecule has 1 rings (SSSR count). The first-order chi connectivity index (χ1) is 8.03. The van der Waals surface area contributed by atoms with E-state index in [2.05, 4.69) is 10.3 Å². The Kier molecular flexibility index (Phi) is 5.17. The molecule has 0 unspecified atom stereocenters. The molecular formula is C10H17N3O3S. The number of nitrogens with one attached hydrogen (secondary N) is 1. The van der Waals surface area contributed by atoms with Crippen LogP contribution < -0.4 is 15.2 Å². The van der Waals surface area contributed by atoms with Gasteiger partial charge in [0.1, 0.15) is 0 Å². The zero-order valence-corrected chi connectivity index (χ0v) is 10.5. The van der Waals surface area contributed by atoms with Crippen LogP contribution in [0.3, 0.4) is 0 Å². The topological polar surface area (TPSA) is 94.3 Å². The Balaban J connectivity index is 2.57. The lowest BCUT2D eigenvalue weighted by atomic mass is 10.4. The van der Waals surface area contributed by atoms with E-state index in [1.165, 1.54) is 0 Å². The van der Waals surface area contributed by atoms with Gasteiger partial charge in [-0.15, -0.1) is 0 Å². The normalized spacial score (nSPS) is 11.2. The average molecular weight is 259 g/mol. The Bertz CT molecular complexity index is 448. The average Bonchev–Trinajstić information content (AvgIpc) is 2.26. The number of anilines is 1. The van der Waals surface area contributed by atoms with Crippen molar-refractivity contribution in [3.05, 3.63) is 18.3 Å². The number of aromatic nitrogens is 1. The fraction of sp³-hybridized carbons (Fsp3) is 0.500. The molecule has 3 N–H and O–H groups in total. The van der Waals surface area contributed by atoms with Gasteiger partial charge in [-0.05, 0) is 18.6 Å². The monoisotopic (exact) mass is 259 g/mol. The van der Waals surface area contributed by atoms with Crippen LogP contribution in [-0.2, 0) is 10.0 Å². The highest BCUT2D eigenvalue weighted by Gasteiger charge is 2.06. The molecule has 0 amide bonds. The van der Waals surface area contributed by atoms with Crippen molar-refractivity contribution >= 4 is 15.8 Å². The standard InChI is InChI=1S/C10H17N3O3S/c1-2-7-16-9-4-3-5-12-10(9)13-6-8-17(11,14)15/h3-5H,2,6-8H2,1H3,(H,12,13)(H2,11,14,15). The number of rotatable bonds is 7. The van der Waals surface area contributed by atoms with Gasteiger partial charge in [-0.25, -0.2) is 18.5 Å². The van der Waals surface area contributed by atoms with Gasteiger partial charge in [0.25, 0.3) is 0 Å². The molecule has 17 heavy (non-hydrogen) atoms. The van der Waals surface area contributed by atoms with Gasteiger partial charge in [0, 0.05) is 12.7 Å². The van der Waals surface area contributed by atoms with E-state index in [4.69, 9.17) is 9.88 Å². The molecule has 7 heteroatoms. The van der Waals surface area contributed by atoms with Gasteiger partial charge in [-0.3, -0.25) is 0 Å². The second-order valence-corrected chi connectivity index (χ2v) is 5.23. The first-order valence-electron chi connectivity index (χ1n) is 5.35. The maximum absolute atomic E-state index is 10.8. The third-order valence-electron chi connectivity index (χ3n) is 1.91. The maximum atomic E-state index is 10.8. The summed E-state index contributed by atoms with van der Waals surface area (Å²) in [5.74, 6) is 1.00. The maximum Gasteiger partial charge on any atom is 0.210 e. The Morgan fingerprint density at radius 1 is 1.53 bits per heavy atom. The van der Waals surface area contributed by atoms with Crippen molar-refractivity contribution in [3.8, 4) is 5.75 Å². The molecule has 0 bridgehead atoms. The Morgan fingerprint density at radius 3 is 2.94 bits per heavy atom. The second kappa shape index (κ2) is 6.41. The van der Waals surface area contributed by atoms with Crippen LogP contribution in [0.1, 0.15) is 13.3 Å². The fourth-order valence-corrected chi connectivity index (χ4v) is 1.55. The minimum atomic E-state index is -3.46. The molecule has 0 aliphatic rings. The lowest BCUT2D eigenvalue weighted by Gasteiger charge is -2.10. The van der Waals surface area contributed by atoms with Crippen molar-refractivity contribution in [2.75, 3.05) is 24.2 Å². The van der Waals surface area contributed by atoms with Crippen molar-refractivity contribution in [1.29, 1.82) is 0 Å². The number of hydrogen-bond donors (Lipinski definition) is 2. The summed E-state index contributed by atoms with van der Waals surface area (Å²) in [5, 5.41) is 7.78. The minimum Gasteiger partial charge on any atom is -0.490 e. The number of primary sulfonamides is 1. The summed E-state index contributed by atoms with van der Waals surface area (Å²) in [6, 6.07) is 3.54. The Hall–Kier alpha value is -1.34. The van der Waals surface area contributed by atoms with Gasteiger partial charge in [0.15, 0.2) is 11.6 Å². The lowest BCUT2D eigenvalue weighted by Crippen LogP contribution is -2.22. The van der Waals surface area contributed by atoms with E-state index in [1.54, 1.807) is 18.3 Å². The SMILES string of the molecule is CCCOc1cccnc1NCCS(N)(=O)=O. The van der Waals surface area contributed by atoms with Crippen molar-refractivity contribution < 1.29 is 13.2 Å². The predicted molar refractivity (Wildman–Crippen MR) is 66.5 cm³/mol. The van der Waals surface area contributed by atoms with Crippen molar-refractivity contribution in [3.63, 3.8) is 0 Å². The highest BCUT2D eigenvalue weighted by atomic mass is 32.2. The largest absolute Gasteiger partial charge is 0.490 e. The summed E-state index contributed by atoms with van der Waals surface area (Å²) in [5.41, 5.74) is 0. The molecule has 0 radical (unpaired) electrons. The first kappa shape index (κ1) is 13.7. The summed E-state index contributed by atoms with van der Waals surface area (Å²) in [4.78, 5) is 4.08. The van der Waals surface area contributed by atoms with Gasteiger partial charge in [-0.1, -0.05) is 6.92 Å². The zero-order valence-electron chi connectivity index (χ0n) is 9.72. The van der Waals surface area contributed by atoms with Gasteiger partial charge >= 0.3 is 0 Å². The molecule has 1 aromatic rings. The van der Waals surface area contributed by atoms with Crippen molar-refractivity contribution in [1.82, 2.24) is 4.98 Å². The van der Waals surface area contributed by atoms with Gasteiger partial charge in [0.2, 0.25) is 10.0 Å². The predicted octanol–water partition coefficient (Wildman–Crippen LogP) is 0.571. The molecular weight excluding hydrogens is 242 g/mol. The van der Waals surface area contributed by atoms with E-state index in [9.17, 15) is 8.42 Å². The smallest absolute Gasteiger partial charge is 0.210 e. The molecule has 0 spiro atoms. The molecule has 0 aromatic carbocycles. The molecule has 6 nitrogen and oxygen atoms in total. The van der Waals surface area contributed by atoms with Crippen LogP contribution in [0.25, 0.3) is 0 Å². The summed E-state index contributed by atoms with van der Waals surface area (Å²) < 4.78 is 27.0. The number of nitrogens with two attached hydrogens (primary N) is 1. The number of ether oxygens (including phenoxy) is 1. The molecule has 0 aliphatic carbocycles. The van der Waals surface area contributed by atoms with Crippen molar-refractivity contribution in [2.45, 2.75) is 13.3 Å². The van der Waals surface area contributed by atoms with Crippen LogP contribution in [0.2, 0.25) is 0 Å². The zero-order chi connectivity index (χ0) is 12.7. The van der Waals surface area contributed by atoms with E-state index in [1.807, 2.05) is 6.92 Å². The van der Waals surface area contributed by atoms with Gasteiger partial charge < -0.3 is 10.1 Å². The summed E-state index contributed by atoms with van der Waals surface area (Å²) in [7, 11) is -3.46. The number of pyridine rings is 1. The molecule has 1 heterocycles. The van der Waals surface area contributed by atoms with Gasteiger partial charge in [-0.2, -0.15) is 0 Å². The van der Waals surface area contributed by atoms with Gasteiger partial charge in [0.05, 0.1) is 12.4 Å². The van der Waals surface area contributed by atoms with Crippen LogP contribution in [-0.4, -0.2) is 32.3 Å². The minimum absolute atomic E-state index is 0.142. The number of sulfonamides is 1. The highest BCUT2D eigenvalue weighted by Crippen LogP contribution is 2.20. The summed E-state index contributed by atoms with van der Waals surface area (Å²) in [6.07, 6.45) is 2.50. The second-order valence-electron chi connectivity index (χ2n) is 3.49. The molecule has 0 atom stereocenters. The Labute approximate surface area is 101 Å². The molecule has 1 aromatic heterocycles.